The van der Waals surface area contributed by atoms with E-state index in [4.69, 9.17) is 23.2 Å². The molecule has 1 heterocycles. The molecule has 3 rings (SSSR count). The van der Waals surface area contributed by atoms with Crippen LogP contribution in [0, 0.1) is 11.6 Å². The van der Waals surface area contributed by atoms with Gasteiger partial charge in [0.2, 0.25) is 0 Å². The number of nitrogens with zero attached hydrogens (tertiary/aromatic N) is 2. The van der Waals surface area contributed by atoms with Crippen LogP contribution in [0.3, 0.4) is 0 Å². The summed E-state index contributed by atoms with van der Waals surface area (Å²) >= 11 is 11.9. The van der Waals surface area contributed by atoms with Crippen molar-refractivity contribution < 1.29 is 8.78 Å². The van der Waals surface area contributed by atoms with E-state index in [1.165, 1.54) is 0 Å². The van der Waals surface area contributed by atoms with Gasteiger partial charge in [0, 0.05) is 22.0 Å². The third-order valence-electron chi connectivity index (χ3n) is 2.76. The van der Waals surface area contributed by atoms with Crippen LogP contribution >= 0.6 is 23.2 Å². The minimum absolute atomic E-state index is 0.0108. The normalized spacial score (nSPS) is 11.0. The minimum atomic E-state index is -0.785. The van der Waals surface area contributed by atoms with E-state index in [1.807, 2.05) is 0 Å². The van der Waals surface area contributed by atoms with Crippen LogP contribution in [0.15, 0.2) is 36.4 Å². The standard InChI is InChI=1S/C14H6Cl2F2N2/c15-8-3-1-2-7(4-8)14-19-12-10(13(16)20-14)5-9(17)6-11(12)18/h1-6H. The van der Waals surface area contributed by atoms with Crippen LogP contribution in [0.4, 0.5) is 8.78 Å². The number of halogens is 4. The average molecular weight is 311 g/mol. The molecule has 20 heavy (non-hydrogen) atoms. The number of aromatic nitrogens is 2. The molecule has 6 heteroatoms. The van der Waals surface area contributed by atoms with Crippen molar-refractivity contribution in [1.82, 2.24) is 9.97 Å². The van der Waals surface area contributed by atoms with E-state index in [2.05, 4.69) is 9.97 Å². The number of rotatable bonds is 1. The number of hydrogen-bond donors (Lipinski definition) is 0. The highest BCUT2D eigenvalue weighted by Crippen LogP contribution is 2.28. The topological polar surface area (TPSA) is 25.8 Å². The molecule has 0 saturated heterocycles. The first kappa shape index (κ1) is 13.2. The summed E-state index contributed by atoms with van der Waals surface area (Å²) in [6.45, 7) is 0. The zero-order valence-corrected chi connectivity index (χ0v) is 11.4. The first-order valence-electron chi connectivity index (χ1n) is 5.63. The molecule has 0 bridgehead atoms. The van der Waals surface area contributed by atoms with Crippen molar-refractivity contribution >= 4 is 34.1 Å². The molecule has 0 N–H and O–H groups in total. The summed E-state index contributed by atoms with van der Waals surface area (Å²) in [5, 5.41) is 0.625. The number of benzene rings is 2. The SMILES string of the molecule is Fc1cc(F)c2nc(-c3cccc(Cl)c3)nc(Cl)c2c1. The molecular formula is C14H6Cl2F2N2. The summed E-state index contributed by atoms with van der Waals surface area (Å²) in [5.74, 6) is -1.28. The lowest BCUT2D eigenvalue weighted by molar-refractivity contribution is 0.590. The third kappa shape index (κ3) is 2.32. The second-order valence-corrected chi connectivity index (χ2v) is 4.93. The van der Waals surface area contributed by atoms with Crippen LogP contribution in [-0.2, 0) is 0 Å². The van der Waals surface area contributed by atoms with Gasteiger partial charge in [-0.25, -0.2) is 18.7 Å². The van der Waals surface area contributed by atoms with Crippen LogP contribution in [0.1, 0.15) is 0 Å². The van der Waals surface area contributed by atoms with E-state index in [0.717, 1.165) is 12.1 Å². The van der Waals surface area contributed by atoms with Crippen molar-refractivity contribution in [2.75, 3.05) is 0 Å². The molecule has 0 atom stereocenters. The summed E-state index contributed by atoms with van der Waals surface area (Å²) < 4.78 is 27.0. The highest BCUT2D eigenvalue weighted by molar-refractivity contribution is 6.34. The Kier molecular flexibility index (Phi) is 3.28. The molecule has 2 aromatic carbocycles. The van der Waals surface area contributed by atoms with Crippen molar-refractivity contribution in [3.8, 4) is 11.4 Å². The second-order valence-electron chi connectivity index (χ2n) is 4.13. The van der Waals surface area contributed by atoms with Gasteiger partial charge in [-0.15, -0.1) is 0 Å². The van der Waals surface area contributed by atoms with Gasteiger partial charge >= 0.3 is 0 Å². The van der Waals surface area contributed by atoms with Crippen LogP contribution in [-0.4, -0.2) is 9.97 Å². The molecule has 0 spiro atoms. The zero-order valence-electron chi connectivity index (χ0n) is 9.87. The van der Waals surface area contributed by atoms with E-state index in [-0.39, 0.29) is 21.9 Å². The van der Waals surface area contributed by atoms with E-state index < -0.39 is 11.6 Å². The zero-order chi connectivity index (χ0) is 14.3. The average Bonchev–Trinajstić information content (AvgIpc) is 2.39. The molecule has 2 nitrogen and oxygen atoms in total. The summed E-state index contributed by atoms with van der Waals surface area (Å²) in [6, 6.07) is 8.64. The van der Waals surface area contributed by atoms with Crippen molar-refractivity contribution in [2.24, 2.45) is 0 Å². The highest BCUT2D eigenvalue weighted by atomic mass is 35.5. The Morgan fingerprint density at radius 1 is 0.950 bits per heavy atom. The molecule has 0 fully saturated rings. The molecule has 3 aromatic rings. The maximum absolute atomic E-state index is 13.8. The van der Waals surface area contributed by atoms with Crippen LogP contribution in [0.2, 0.25) is 10.2 Å². The van der Waals surface area contributed by atoms with Crippen LogP contribution in [0.5, 0.6) is 0 Å². The fourth-order valence-corrected chi connectivity index (χ4v) is 2.29. The van der Waals surface area contributed by atoms with Gasteiger partial charge in [0.1, 0.15) is 16.5 Å². The lowest BCUT2D eigenvalue weighted by Gasteiger charge is -2.06. The molecule has 0 aliphatic carbocycles. The molecule has 0 aliphatic rings. The fraction of sp³-hybridized carbons (Fsp3) is 0. The Morgan fingerprint density at radius 3 is 2.50 bits per heavy atom. The van der Waals surface area contributed by atoms with Gasteiger partial charge in [-0.1, -0.05) is 35.3 Å². The largest absolute Gasteiger partial charge is 0.225 e. The quantitative estimate of drug-likeness (QED) is 0.598. The Morgan fingerprint density at radius 2 is 1.75 bits per heavy atom. The van der Waals surface area contributed by atoms with Gasteiger partial charge < -0.3 is 0 Å². The molecule has 0 unspecified atom stereocenters. The summed E-state index contributed by atoms with van der Waals surface area (Å²) in [7, 11) is 0. The Bertz CT molecular complexity index is 822. The number of hydrogen-bond acceptors (Lipinski definition) is 2. The van der Waals surface area contributed by atoms with Gasteiger partial charge in [0.05, 0.1) is 0 Å². The fourth-order valence-electron chi connectivity index (χ4n) is 1.88. The maximum Gasteiger partial charge on any atom is 0.161 e. The number of fused-ring (bicyclic) bond motifs is 1. The monoisotopic (exact) mass is 310 g/mol. The second kappa shape index (κ2) is 4.96. The Labute approximate surface area is 123 Å². The van der Waals surface area contributed by atoms with Gasteiger partial charge in [0.25, 0.3) is 0 Å². The first-order valence-corrected chi connectivity index (χ1v) is 6.38. The molecule has 0 aliphatic heterocycles. The van der Waals surface area contributed by atoms with E-state index >= 15 is 0 Å². The summed E-state index contributed by atoms with van der Waals surface area (Å²) in [5.41, 5.74) is 0.575. The van der Waals surface area contributed by atoms with Crippen molar-refractivity contribution in [3.63, 3.8) is 0 Å². The predicted octanol–water partition coefficient (Wildman–Crippen LogP) is 4.88. The Hall–Kier alpha value is -1.78. The van der Waals surface area contributed by atoms with E-state index in [0.29, 0.717) is 10.6 Å². The predicted molar refractivity (Wildman–Crippen MR) is 74.9 cm³/mol. The smallest absolute Gasteiger partial charge is 0.161 e. The summed E-state index contributed by atoms with van der Waals surface area (Å²) in [4.78, 5) is 8.15. The van der Waals surface area contributed by atoms with Crippen molar-refractivity contribution in [3.05, 3.63) is 58.2 Å². The molecule has 1 aromatic heterocycles. The molecule has 0 saturated carbocycles. The van der Waals surface area contributed by atoms with Crippen molar-refractivity contribution in [2.45, 2.75) is 0 Å². The van der Waals surface area contributed by atoms with Gasteiger partial charge in [-0.2, -0.15) is 0 Å². The lowest BCUT2D eigenvalue weighted by Crippen LogP contribution is -1.95. The van der Waals surface area contributed by atoms with E-state index in [9.17, 15) is 8.78 Å². The lowest BCUT2D eigenvalue weighted by atomic mass is 10.2. The van der Waals surface area contributed by atoms with Crippen LogP contribution in [0.25, 0.3) is 22.3 Å². The Balaban J connectivity index is 2.29. The van der Waals surface area contributed by atoms with Gasteiger partial charge in [-0.05, 0) is 18.2 Å². The minimum Gasteiger partial charge on any atom is -0.225 e. The highest BCUT2D eigenvalue weighted by Gasteiger charge is 2.13. The molecular weight excluding hydrogens is 305 g/mol. The summed E-state index contributed by atoms with van der Waals surface area (Å²) in [6.07, 6.45) is 0. The third-order valence-corrected chi connectivity index (χ3v) is 3.28. The molecule has 0 radical (unpaired) electrons. The van der Waals surface area contributed by atoms with Crippen molar-refractivity contribution in [1.29, 1.82) is 0 Å². The maximum atomic E-state index is 13.8. The first-order chi connectivity index (χ1) is 9.54. The van der Waals surface area contributed by atoms with Crippen LogP contribution < -0.4 is 0 Å². The van der Waals surface area contributed by atoms with Gasteiger partial charge in [-0.3, -0.25) is 0 Å². The molecule has 100 valence electrons. The van der Waals surface area contributed by atoms with E-state index in [1.54, 1.807) is 24.3 Å². The molecule has 0 amide bonds. The van der Waals surface area contributed by atoms with Gasteiger partial charge in [0.15, 0.2) is 11.6 Å².